The first-order chi connectivity index (χ1) is 12.5. The normalized spacial score (nSPS) is 14.0. The molecule has 2 aromatic rings. The minimum atomic E-state index is -0.436. The number of nitrogens with one attached hydrogen (secondary N) is 2. The second kappa shape index (κ2) is 7.99. The second-order valence-corrected chi connectivity index (χ2v) is 6.44. The standard InChI is InChI=1S/C18H23FN6O/c1-24(2)16-15(12-20-17(23-16)25-10-4-3-5-11-25)22-18(26)21-14-8-6-13(19)7-9-14/h6-9,12H,3-5,10-11H2,1-2H3,(H2,21,22,26). The molecule has 0 spiro atoms. The number of piperidine rings is 1. The molecule has 0 saturated carbocycles. The molecule has 2 heterocycles. The van der Waals surface area contributed by atoms with Gasteiger partial charge in [0.15, 0.2) is 5.82 Å². The fourth-order valence-electron chi connectivity index (χ4n) is 2.86. The maximum atomic E-state index is 12.9. The molecule has 1 saturated heterocycles. The lowest BCUT2D eigenvalue weighted by atomic mass is 10.1. The van der Waals surface area contributed by atoms with Gasteiger partial charge in [0.05, 0.1) is 6.20 Å². The van der Waals surface area contributed by atoms with E-state index in [1.807, 2.05) is 19.0 Å². The number of anilines is 4. The van der Waals surface area contributed by atoms with Crippen LogP contribution < -0.4 is 20.4 Å². The summed E-state index contributed by atoms with van der Waals surface area (Å²) in [6.45, 7) is 1.90. The van der Waals surface area contributed by atoms with Gasteiger partial charge in [-0.05, 0) is 43.5 Å². The average molecular weight is 358 g/mol. The summed E-state index contributed by atoms with van der Waals surface area (Å²) in [6, 6.07) is 5.14. The summed E-state index contributed by atoms with van der Waals surface area (Å²) in [7, 11) is 3.73. The second-order valence-electron chi connectivity index (χ2n) is 6.44. The summed E-state index contributed by atoms with van der Waals surface area (Å²) < 4.78 is 12.9. The van der Waals surface area contributed by atoms with E-state index in [9.17, 15) is 9.18 Å². The predicted octanol–water partition coefficient (Wildman–Crippen LogP) is 3.32. The molecule has 8 heteroatoms. The Morgan fingerprint density at radius 1 is 1.12 bits per heavy atom. The first-order valence-electron chi connectivity index (χ1n) is 8.66. The Kier molecular flexibility index (Phi) is 5.50. The van der Waals surface area contributed by atoms with Crippen molar-refractivity contribution in [3.8, 4) is 0 Å². The van der Waals surface area contributed by atoms with Gasteiger partial charge in [-0.2, -0.15) is 4.98 Å². The van der Waals surface area contributed by atoms with Crippen LogP contribution >= 0.6 is 0 Å². The molecule has 1 aromatic carbocycles. The molecule has 138 valence electrons. The van der Waals surface area contributed by atoms with Gasteiger partial charge in [-0.15, -0.1) is 0 Å². The highest BCUT2D eigenvalue weighted by atomic mass is 19.1. The average Bonchev–Trinajstić information content (AvgIpc) is 2.64. The first-order valence-corrected chi connectivity index (χ1v) is 8.66. The summed E-state index contributed by atoms with van der Waals surface area (Å²) >= 11 is 0. The van der Waals surface area contributed by atoms with Crippen molar-refractivity contribution in [1.82, 2.24) is 9.97 Å². The highest BCUT2D eigenvalue weighted by Crippen LogP contribution is 2.25. The van der Waals surface area contributed by atoms with Crippen molar-refractivity contribution in [1.29, 1.82) is 0 Å². The predicted molar refractivity (Wildman–Crippen MR) is 101 cm³/mol. The number of rotatable bonds is 4. The van der Waals surface area contributed by atoms with Gasteiger partial charge < -0.3 is 20.4 Å². The smallest absolute Gasteiger partial charge is 0.323 e. The Labute approximate surface area is 152 Å². The van der Waals surface area contributed by atoms with E-state index >= 15 is 0 Å². The number of urea groups is 1. The molecule has 1 fully saturated rings. The SMILES string of the molecule is CN(C)c1nc(N2CCCCC2)ncc1NC(=O)Nc1ccc(F)cc1. The minimum Gasteiger partial charge on any atom is -0.361 e. The van der Waals surface area contributed by atoms with E-state index in [2.05, 4.69) is 25.5 Å². The lowest BCUT2D eigenvalue weighted by Gasteiger charge is -2.28. The van der Waals surface area contributed by atoms with Gasteiger partial charge >= 0.3 is 6.03 Å². The van der Waals surface area contributed by atoms with E-state index in [1.54, 1.807) is 6.20 Å². The third-order valence-corrected chi connectivity index (χ3v) is 4.17. The number of hydrogen-bond acceptors (Lipinski definition) is 5. The van der Waals surface area contributed by atoms with Gasteiger partial charge in [0.1, 0.15) is 11.5 Å². The van der Waals surface area contributed by atoms with Crippen molar-refractivity contribution >= 4 is 29.2 Å². The van der Waals surface area contributed by atoms with Crippen LogP contribution in [0.4, 0.5) is 32.3 Å². The molecule has 2 N–H and O–H groups in total. The highest BCUT2D eigenvalue weighted by Gasteiger charge is 2.17. The third-order valence-electron chi connectivity index (χ3n) is 4.17. The fraction of sp³-hybridized carbons (Fsp3) is 0.389. The zero-order valence-electron chi connectivity index (χ0n) is 15.0. The van der Waals surface area contributed by atoms with Crippen molar-refractivity contribution in [3.05, 3.63) is 36.3 Å². The van der Waals surface area contributed by atoms with Crippen LogP contribution in [0.5, 0.6) is 0 Å². The van der Waals surface area contributed by atoms with Crippen LogP contribution in [0, 0.1) is 5.82 Å². The van der Waals surface area contributed by atoms with Crippen molar-refractivity contribution in [2.45, 2.75) is 19.3 Å². The molecule has 7 nitrogen and oxygen atoms in total. The van der Waals surface area contributed by atoms with Crippen molar-refractivity contribution in [2.24, 2.45) is 0 Å². The molecule has 3 rings (SSSR count). The summed E-state index contributed by atoms with van der Waals surface area (Å²) in [6.07, 6.45) is 5.14. The van der Waals surface area contributed by atoms with Crippen molar-refractivity contribution in [3.63, 3.8) is 0 Å². The van der Waals surface area contributed by atoms with Crippen molar-refractivity contribution < 1.29 is 9.18 Å². The number of benzene rings is 1. The lowest BCUT2D eigenvalue weighted by Crippen LogP contribution is -2.31. The summed E-state index contributed by atoms with van der Waals surface area (Å²) in [5, 5.41) is 5.42. The van der Waals surface area contributed by atoms with Crippen LogP contribution in [-0.4, -0.2) is 43.2 Å². The van der Waals surface area contributed by atoms with Crippen LogP contribution in [0.2, 0.25) is 0 Å². The maximum Gasteiger partial charge on any atom is 0.323 e. The van der Waals surface area contributed by atoms with E-state index in [-0.39, 0.29) is 5.82 Å². The van der Waals surface area contributed by atoms with Gasteiger partial charge in [-0.1, -0.05) is 0 Å². The molecule has 0 atom stereocenters. The molecular weight excluding hydrogens is 335 g/mol. The molecule has 1 aliphatic heterocycles. The van der Waals surface area contributed by atoms with Gasteiger partial charge in [0, 0.05) is 32.9 Å². The molecule has 0 unspecified atom stereocenters. The topological polar surface area (TPSA) is 73.4 Å². The van der Waals surface area contributed by atoms with Crippen LogP contribution in [-0.2, 0) is 0 Å². The van der Waals surface area contributed by atoms with Crippen LogP contribution in [0.3, 0.4) is 0 Å². The molecule has 26 heavy (non-hydrogen) atoms. The summed E-state index contributed by atoms with van der Waals surface area (Å²) in [5.74, 6) is 0.959. The zero-order valence-corrected chi connectivity index (χ0v) is 15.0. The number of carbonyl (C=O) groups is 1. The summed E-state index contributed by atoms with van der Waals surface area (Å²) in [4.78, 5) is 25.3. The molecule has 0 radical (unpaired) electrons. The molecular formula is C18H23FN6O. The van der Waals surface area contributed by atoms with Gasteiger partial charge in [0.25, 0.3) is 0 Å². The zero-order chi connectivity index (χ0) is 18.5. The first kappa shape index (κ1) is 17.9. The van der Waals surface area contributed by atoms with Gasteiger partial charge in [0.2, 0.25) is 5.95 Å². The number of carbonyl (C=O) groups excluding carboxylic acids is 1. The highest BCUT2D eigenvalue weighted by molar-refractivity contribution is 6.01. The molecule has 1 aliphatic rings. The minimum absolute atomic E-state index is 0.354. The quantitative estimate of drug-likeness (QED) is 0.877. The van der Waals surface area contributed by atoms with Gasteiger partial charge in [-0.3, -0.25) is 0 Å². The molecule has 2 amide bonds. The molecule has 0 aliphatic carbocycles. The number of halogens is 1. The van der Waals surface area contributed by atoms with E-state index in [4.69, 9.17) is 0 Å². The van der Waals surface area contributed by atoms with Crippen molar-refractivity contribution in [2.75, 3.05) is 47.6 Å². The monoisotopic (exact) mass is 358 g/mol. The van der Waals surface area contributed by atoms with Crippen LogP contribution in [0.1, 0.15) is 19.3 Å². The Bertz CT molecular complexity index is 759. The Morgan fingerprint density at radius 3 is 2.46 bits per heavy atom. The molecule has 0 bridgehead atoms. The number of amides is 2. The lowest BCUT2D eigenvalue weighted by molar-refractivity contribution is 0.262. The van der Waals surface area contributed by atoms with E-state index in [0.29, 0.717) is 23.1 Å². The largest absolute Gasteiger partial charge is 0.361 e. The van der Waals surface area contributed by atoms with Crippen LogP contribution in [0.15, 0.2) is 30.5 Å². The van der Waals surface area contributed by atoms with Crippen LogP contribution in [0.25, 0.3) is 0 Å². The Morgan fingerprint density at radius 2 is 1.81 bits per heavy atom. The Balaban J connectivity index is 1.73. The molecule has 1 aromatic heterocycles. The van der Waals surface area contributed by atoms with E-state index in [0.717, 1.165) is 25.9 Å². The van der Waals surface area contributed by atoms with E-state index in [1.165, 1.54) is 30.7 Å². The Hall–Kier alpha value is -2.90. The van der Waals surface area contributed by atoms with E-state index < -0.39 is 6.03 Å². The number of aromatic nitrogens is 2. The number of hydrogen-bond donors (Lipinski definition) is 2. The van der Waals surface area contributed by atoms with Gasteiger partial charge in [-0.25, -0.2) is 14.2 Å². The fourth-order valence-corrected chi connectivity index (χ4v) is 2.86. The third kappa shape index (κ3) is 4.38. The number of nitrogens with zero attached hydrogens (tertiary/aromatic N) is 4. The summed E-state index contributed by atoms with van der Waals surface area (Å²) in [5.41, 5.74) is 1.01. The maximum absolute atomic E-state index is 12.9.